The van der Waals surface area contributed by atoms with Crippen LogP contribution < -0.4 is 11.1 Å². The van der Waals surface area contributed by atoms with Gasteiger partial charge in [0.1, 0.15) is 0 Å². The molecule has 0 saturated heterocycles. The first-order chi connectivity index (χ1) is 11.7. The average Bonchev–Trinajstić information content (AvgIpc) is 2.62. The molecule has 24 heavy (non-hydrogen) atoms. The number of hydrogen-bond donors (Lipinski definition) is 2. The van der Waals surface area contributed by atoms with Gasteiger partial charge in [-0.05, 0) is 28.3 Å². The quantitative estimate of drug-likeness (QED) is 0.704. The van der Waals surface area contributed by atoms with E-state index < -0.39 is 6.04 Å². The third-order valence-electron chi connectivity index (χ3n) is 4.15. The van der Waals surface area contributed by atoms with E-state index in [1.807, 2.05) is 48.5 Å². The van der Waals surface area contributed by atoms with Gasteiger partial charge in [0.15, 0.2) is 5.78 Å². The van der Waals surface area contributed by atoms with Crippen molar-refractivity contribution in [1.82, 2.24) is 5.32 Å². The van der Waals surface area contributed by atoms with E-state index in [-0.39, 0.29) is 5.78 Å². The van der Waals surface area contributed by atoms with Gasteiger partial charge in [-0.3, -0.25) is 4.79 Å². The first-order valence-corrected chi connectivity index (χ1v) is 8.23. The lowest BCUT2D eigenvalue weighted by atomic mass is 10.00. The minimum absolute atomic E-state index is 0.0408. The molecule has 0 aliphatic rings. The number of ketones is 1. The zero-order valence-electron chi connectivity index (χ0n) is 13.6. The lowest BCUT2D eigenvalue weighted by Crippen LogP contribution is -2.39. The molecule has 0 bridgehead atoms. The summed E-state index contributed by atoms with van der Waals surface area (Å²) in [6, 6.07) is 24.0. The molecule has 3 heteroatoms. The number of Topliss-reactive ketones (excluding diaryl/α,β-unsaturated/α-hetero) is 1. The Balaban J connectivity index is 1.53. The van der Waals surface area contributed by atoms with Crippen LogP contribution in [0.25, 0.3) is 10.8 Å². The van der Waals surface area contributed by atoms with Gasteiger partial charge in [0.2, 0.25) is 0 Å². The van der Waals surface area contributed by atoms with Crippen molar-refractivity contribution in [2.75, 3.05) is 6.54 Å². The summed E-state index contributed by atoms with van der Waals surface area (Å²) in [5, 5.41) is 5.55. The Kier molecular flexibility index (Phi) is 5.36. The average molecular weight is 318 g/mol. The Hall–Kier alpha value is -2.49. The summed E-state index contributed by atoms with van der Waals surface area (Å²) in [6.45, 7) is 0.971. The maximum Gasteiger partial charge on any atom is 0.163 e. The second-order valence-corrected chi connectivity index (χ2v) is 6.05. The Morgan fingerprint density at radius 2 is 1.58 bits per heavy atom. The van der Waals surface area contributed by atoms with Crippen LogP contribution in [-0.4, -0.2) is 18.4 Å². The smallest absolute Gasteiger partial charge is 0.163 e. The van der Waals surface area contributed by atoms with E-state index in [4.69, 9.17) is 5.73 Å². The second kappa shape index (κ2) is 7.86. The van der Waals surface area contributed by atoms with Gasteiger partial charge in [-0.1, -0.05) is 72.8 Å². The standard InChI is InChI=1S/C21H22N2O/c22-20(21(24)15-23-14-16-6-2-1-3-7-16)13-17-10-11-18-8-4-5-9-19(18)12-17/h1-12,20,23H,13-15,22H2/t20-/m0/s1. The van der Waals surface area contributed by atoms with Crippen molar-refractivity contribution in [2.24, 2.45) is 5.73 Å². The highest BCUT2D eigenvalue weighted by Crippen LogP contribution is 2.16. The van der Waals surface area contributed by atoms with E-state index in [1.54, 1.807) is 0 Å². The van der Waals surface area contributed by atoms with Crippen molar-refractivity contribution in [3.8, 4) is 0 Å². The topological polar surface area (TPSA) is 55.1 Å². The van der Waals surface area contributed by atoms with Gasteiger partial charge in [0.25, 0.3) is 0 Å². The third-order valence-corrected chi connectivity index (χ3v) is 4.15. The molecule has 0 aliphatic heterocycles. The number of nitrogens with two attached hydrogens (primary N) is 1. The highest BCUT2D eigenvalue weighted by molar-refractivity contribution is 5.86. The molecule has 3 rings (SSSR count). The summed E-state index contributed by atoms with van der Waals surface area (Å²) in [6.07, 6.45) is 0.566. The first-order valence-electron chi connectivity index (χ1n) is 8.23. The van der Waals surface area contributed by atoms with Crippen LogP contribution in [0, 0.1) is 0 Å². The highest BCUT2D eigenvalue weighted by atomic mass is 16.1. The number of benzene rings is 3. The number of carbonyl (C=O) groups excluding carboxylic acids is 1. The number of hydrogen-bond acceptors (Lipinski definition) is 3. The summed E-state index contributed by atoms with van der Waals surface area (Å²) in [4.78, 5) is 12.2. The minimum Gasteiger partial charge on any atom is -0.321 e. The molecular formula is C21H22N2O. The maximum atomic E-state index is 12.2. The van der Waals surface area contributed by atoms with Crippen LogP contribution in [0.15, 0.2) is 72.8 Å². The Morgan fingerprint density at radius 3 is 2.38 bits per heavy atom. The zero-order valence-corrected chi connectivity index (χ0v) is 13.6. The second-order valence-electron chi connectivity index (χ2n) is 6.05. The van der Waals surface area contributed by atoms with Crippen LogP contribution in [0.5, 0.6) is 0 Å². The van der Waals surface area contributed by atoms with Crippen LogP contribution in [0.2, 0.25) is 0 Å². The van der Waals surface area contributed by atoms with Crippen LogP contribution in [-0.2, 0) is 17.8 Å². The van der Waals surface area contributed by atoms with Gasteiger partial charge in [-0.2, -0.15) is 0 Å². The molecule has 0 amide bonds. The molecule has 1 atom stereocenters. The summed E-state index contributed by atoms with van der Waals surface area (Å²) in [5.41, 5.74) is 8.34. The zero-order chi connectivity index (χ0) is 16.8. The maximum absolute atomic E-state index is 12.2. The van der Waals surface area contributed by atoms with Gasteiger partial charge >= 0.3 is 0 Å². The van der Waals surface area contributed by atoms with Gasteiger partial charge in [-0.15, -0.1) is 0 Å². The molecule has 122 valence electrons. The Morgan fingerprint density at radius 1 is 0.875 bits per heavy atom. The molecule has 3 aromatic rings. The number of carbonyl (C=O) groups is 1. The minimum atomic E-state index is -0.477. The summed E-state index contributed by atoms with van der Waals surface area (Å²) < 4.78 is 0. The van der Waals surface area contributed by atoms with E-state index in [2.05, 4.69) is 29.6 Å². The lowest BCUT2D eigenvalue weighted by molar-refractivity contribution is -0.119. The van der Waals surface area contributed by atoms with Crippen LogP contribution in [0.4, 0.5) is 0 Å². The molecule has 0 radical (unpaired) electrons. The van der Waals surface area contributed by atoms with Crippen molar-refractivity contribution in [1.29, 1.82) is 0 Å². The van der Waals surface area contributed by atoms with E-state index >= 15 is 0 Å². The van der Waals surface area contributed by atoms with Crippen LogP contribution in [0.1, 0.15) is 11.1 Å². The fourth-order valence-electron chi connectivity index (χ4n) is 2.79. The van der Waals surface area contributed by atoms with E-state index in [0.717, 1.165) is 11.1 Å². The van der Waals surface area contributed by atoms with Crippen molar-refractivity contribution < 1.29 is 4.79 Å². The SMILES string of the molecule is N[C@@H](Cc1ccc2ccccc2c1)C(=O)CNCc1ccccc1. The normalized spacial score (nSPS) is 12.2. The summed E-state index contributed by atoms with van der Waals surface area (Å²) in [5.74, 6) is 0.0408. The monoisotopic (exact) mass is 318 g/mol. The highest BCUT2D eigenvalue weighted by Gasteiger charge is 2.13. The molecule has 0 unspecified atom stereocenters. The molecule has 0 spiro atoms. The largest absolute Gasteiger partial charge is 0.321 e. The molecule has 0 heterocycles. The van der Waals surface area contributed by atoms with Crippen molar-refractivity contribution >= 4 is 16.6 Å². The van der Waals surface area contributed by atoms with E-state index in [9.17, 15) is 4.79 Å². The Bertz CT molecular complexity index is 814. The van der Waals surface area contributed by atoms with Gasteiger partial charge in [0.05, 0.1) is 12.6 Å². The Labute approximate surface area is 142 Å². The molecule has 0 saturated carbocycles. The fraction of sp³-hybridized carbons (Fsp3) is 0.190. The van der Waals surface area contributed by atoms with Crippen molar-refractivity contribution in [3.63, 3.8) is 0 Å². The van der Waals surface area contributed by atoms with Crippen LogP contribution >= 0.6 is 0 Å². The number of nitrogens with one attached hydrogen (secondary N) is 1. The molecular weight excluding hydrogens is 296 g/mol. The molecule has 0 aromatic heterocycles. The predicted octanol–water partition coefficient (Wildman–Crippen LogP) is 3.07. The predicted molar refractivity (Wildman–Crippen MR) is 98.8 cm³/mol. The lowest BCUT2D eigenvalue weighted by Gasteiger charge is -2.12. The van der Waals surface area contributed by atoms with Gasteiger partial charge in [0, 0.05) is 6.54 Å². The van der Waals surface area contributed by atoms with Gasteiger partial charge < -0.3 is 11.1 Å². The summed E-state index contributed by atoms with van der Waals surface area (Å²) >= 11 is 0. The van der Waals surface area contributed by atoms with Crippen molar-refractivity contribution in [3.05, 3.63) is 83.9 Å². The number of rotatable bonds is 7. The molecule has 3 aromatic carbocycles. The van der Waals surface area contributed by atoms with Gasteiger partial charge in [-0.25, -0.2) is 0 Å². The van der Waals surface area contributed by atoms with E-state index in [1.165, 1.54) is 10.8 Å². The van der Waals surface area contributed by atoms with Crippen LogP contribution in [0.3, 0.4) is 0 Å². The van der Waals surface area contributed by atoms with Crippen molar-refractivity contribution in [2.45, 2.75) is 19.0 Å². The molecule has 3 nitrogen and oxygen atoms in total. The summed E-state index contributed by atoms with van der Waals surface area (Å²) in [7, 11) is 0. The molecule has 0 aliphatic carbocycles. The molecule has 0 fully saturated rings. The first kappa shape index (κ1) is 16.4. The fourth-order valence-corrected chi connectivity index (χ4v) is 2.79. The van der Waals surface area contributed by atoms with E-state index in [0.29, 0.717) is 19.5 Å². The molecule has 3 N–H and O–H groups in total. The number of fused-ring (bicyclic) bond motifs is 1. The third kappa shape index (κ3) is 4.28.